The topological polar surface area (TPSA) is 90.6 Å². The first kappa shape index (κ1) is 23.2. The van der Waals surface area contributed by atoms with Crippen LogP contribution in [0.2, 0.25) is 5.02 Å². The van der Waals surface area contributed by atoms with Crippen LogP contribution in [0, 0.1) is 17.8 Å². The minimum Gasteiger partial charge on any atom is -0.491 e. The van der Waals surface area contributed by atoms with Crippen LogP contribution in [-0.2, 0) is 18.0 Å². The van der Waals surface area contributed by atoms with Crippen molar-refractivity contribution in [3.05, 3.63) is 93.0 Å². The Labute approximate surface area is 217 Å². The zero-order valence-corrected chi connectivity index (χ0v) is 20.5. The van der Waals surface area contributed by atoms with Crippen molar-refractivity contribution in [1.29, 1.82) is 0 Å². The van der Waals surface area contributed by atoms with E-state index in [4.69, 9.17) is 26.8 Å². The fraction of sp³-hybridized carbons (Fsp3) is 0.179. The summed E-state index contributed by atoms with van der Waals surface area (Å²) in [6.07, 6.45) is 1.38. The minimum atomic E-state index is -0.614. The molecule has 2 aromatic carbocycles. The van der Waals surface area contributed by atoms with Crippen LogP contribution in [0.15, 0.2) is 48.7 Å². The second-order valence-electron chi connectivity index (χ2n) is 8.88. The van der Waals surface area contributed by atoms with Crippen molar-refractivity contribution in [3.63, 3.8) is 0 Å². The Balaban J connectivity index is 1.29. The molecule has 1 atom stereocenters. The van der Waals surface area contributed by atoms with Crippen LogP contribution in [0.4, 0.5) is 10.2 Å². The molecule has 1 amide bonds. The van der Waals surface area contributed by atoms with Crippen LogP contribution in [0.3, 0.4) is 0 Å². The molecular weight excluding hydrogens is 495 g/mol. The largest absolute Gasteiger partial charge is 0.491 e. The number of hydrogen-bond acceptors (Lipinski definition) is 6. The standard InChI is InChI=1S/C28H20ClFN4O3/c1-34(28(35)19-10-18-20-12-36-13-21(20)27(31)33-23(18)11-22(19)29)24-14-37-25-9-15(5-7-17(24)25)4-6-16-3-2-8-32-26(16)30/h2-3,5,7-11,24H,12-14H2,1H3,(H2,31,33)/t24-/m1/s1. The van der Waals surface area contributed by atoms with Gasteiger partial charge in [-0.1, -0.05) is 29.5 Å². The predicted molar refractivity (Wildman–Crippen MR) is 137 cm³/mol. The molecule has 184 valence electrons. The molecule has 4 aromatic rings. The number of benzene rings is 2. The van der Waals surface area contributed by atoms with Crippen molar-refractivity contribution in [1.82, 2.24) is 14.9 Å². The van der Waals surface area contributed by atoms with Crippen LogP contribution in [0.5, 0.6) is 5.75 Å². The molecule has 0 aliphatic carbocycles. The number of carbonyl (C=O) groups is 1. The fourth-order valence-corrected chi connectivity index (χ4v) is 4.94. The normalized spacial score (nSPS) is 15.5. The molecule has 4 heterocycles. The summed E-state index contributed by atoms with van der Waals surface area (Å²) in [4.78, 5) is 23.2. The number of pyridine rings is 2. The number of anilines is 1. The van der Waals surface area contributed by atoms with E-state index >= 15 is 0 Å². The third-order valence-corrected chi connectivity index (χ3v) is 7.02. The number of carbonyl (C=O) groups excluding carboxylic acids is 1. The quantitative estimate of drug-likeness (QED) is 0.309. The smallest absolute Gasteiger partial charge is 0.255 e. The van der Waals surface area contributed by atoms with Gasteiger partial charge in [0.1, 0.15) is 18.2 Å². The number of fused-ring (bicyclic) bond motifs is 4. The molecule has 6 rings (SSSR count). The number of nitrogen functional groups attached to an aromatic ring is 1. The van der Waals surface area contributed by atoms with Crippen molar-refractivity contribution in [3.8, 4) is 17.6 Å². The number of rotatable bonds is 2. The summed E-state index contributed by atoms with van der Waals surface area (Å²) >= 11 is 6.53. The van der Waals surface area contributed by atoms with Gasteiger partial charge in [-0.25, -0.2) is 9.97 Å². The highest BCUT2D eigenvalue weighted by Crippen LogP contribution is 2.38. The van der Waals surface area contributed by atoms with E-state index in [9.17, 15) is 9.18 Å². The maximum atomic E-state index is 13.8. The van der Waals surface area contributed by atoms with E-state index in [2.05, 4.69) is 21.8 Å². The van der Waals surface area contributed by atoms with Crippen molar-refractivity contribution in [2.45, 2.75) is 19.3 Å². The Morgan fingerprint density at radius 3 is 2.86 bits per heavy atom. The molecule has 0 spiro atoms. The van der Waals surface area contributed by atoms with Crippen LogP contribution in [0.1, 0.15) is 44.2 Å². The molecule has 2 aliphatic heterocycles. The van der Waals surface area contributed by atoms with E-state index in [-0.39, 0.29) is 24.1 Å². The molecule has 2 aromatic heterocycles. The van der Waals surface area contributed by atoms with Crippen molar-refractivity contribution >= 4 is 34.2 Å². The Kier molecular flexibility index (Phi) is 5.67. The number of nitrogens with two attached hydrogens (primary N) is 1. The van der Waals surface area contributed by atoms with Crippen molar-refractivity contribution in [2.75, 3.05) is 19.4 Å². The lowest BCUT2D eigenvalue weighted by atomic mass is 10.0. The first-order chi connectivity index (χ1) is 17.9. The SMILES string of the molecule is CN(C(=O)c1cc2c3c(c(N)nc2cc1Cl)COC3)[C@@H]1COc2cc(C#Cc3cccnc3F)ccc21. The van der Waals surface area contributed by atoms with Crippen LogP contribution in [-0.4, -0.2) is 34.4 Å². The van der Waals surface area contributed by atoms with Gasteiger partial charge in [0.25, 0.3) is 5.91 Å². The molecule has 0 radical (unpaired) electrons. The van der Waals surface area contributed by atoms with Crippen LogP contribution >= 0.6 is 11.6 Å². The van der Waals surface area contributed by atoms with Gasteiger partial charge in [0.15, 0.2) is 0 Å². The zero-order valence-electron chi connectivity index (χ0n) is 19.7. The molecule has 0 saturated carbocycles. The Bertz CT molecular complexity index is 1660. The number of hydrogen-bond donors (Lipinski definition) is 1. The first-order valence-corrected chi connectivity index (χ1v) is 11.9. The maximum Gasteiger partial charge on any atom is 0.255 e. The van der Waals surface area contributed by atoms with Gasteiger partial charge in [-0.2, -0.15) is 4.39 Å². The number of likely N-dealkylation sites (N-methyl/N-ethyl adjacent to an activating group) is 1. The number of halogens is 2. The van der Waals surface area contributed by atoms with E-state index in [0.717, 1.165) is 22.1 Å². The predicted octanol–water partition coefficient (Wildman–Crippen LogP) is 4.64. The molecule has 9 heteroatoms. The summed E-state index contributed by atoms with van der Waals surface area (Å²) in [7, 11) is 1.72. The zero-order chi connectivity index (χ0) is 25.7. The van der Waals surface area contributed by atoms with Gasteiger partial charge in [-0.05, 0) is 42.0 Å². The van der Waals surface area contributed by atoms with Crippen molar-refractivity contribution in [2.24, 2.45) is 0 Å². The second-order valence-corrected chi connectivity index (χ2v) is 9.29. The van der Waals surface area contributed by atoms with E-state index in [0.29, 0.717) is 46.4 Å². The van der Waals surface area contributed by atoms with Gasteiger partial charge in [-0.3, -0.25) is 4.79 Å². The molecule has 0 bridgehead atoms. The lowest BCUT2D eigenvalue weighted by Gasteiger charge is -2.24. The summed E-state index contributed by atoms with van der Waals surface area (Å²) in [5.41, 5.74) is 10.6. The summed E-state index contributed by atoms with van der Waals surface area (Å²) in [5, 5.41) is 1.10. The lowest BCUT2D eigenvalue weighted by molar-refractivity contribution is 0.0709. The molecule has 2 aliphatic rings. The fourth-order valence-electron chi connectivity index (χ4n) is 4.70. The molecule has 2 N–H and O–H groups in total. The number of aromatic nitrogens is 2. The van der Waals surface area contributed by atoms with Gasteiger partial charge in [0.05, 0.1) is 40.9 Å². The molecule has 0 unspecified atom stereocenters. The van der Waals surface area contributed by atoms with Gasteiger partial charge >= 0.3 is 0 Å². The summed E-state index contributed by atoms with van der Waals surface area (Å²) in [5.74, 6) is 5.92. The molecule has 0 fully saturated rings. The highest BCUT2D eigenvalue weighted by molar-refractivity contribution is 6.34. The Morgan fingerprint density at radius 2 is 2.03 bits per heavy atom. The molecule has 0 saturated heterocycles. The highest BCUT2D eigenvalue weighted by atomic mass is 35.5. The maximum absolute atomic E-state index is 13.8. The number of ether oxygens (including phenoxy) is 2. The summed E-state index contributed by atoms with van der Waals surface area (Å²) in [6.45, 7) is 1.10. The van der Waals surface area contributed by atoms with Gasteiger partial charge in [0.2, 0.25) is 5.95 Å². The summed E-state index contributed by atoms with van der Waals surface area (Å²) < 4.78 is 25.2. The second kappa shape index (κ2) is 9.04. The van der Waals surface area contributed by atoms with E-state index in [1.54, 1.807) is 42.3 Å². The number of amides is 1. The van der Waals surface area contributed by atoms with Gasteiger partial charge < -0.3 is 20.1 Å². The third kappa shape index (κ3) is 4.02. The highest BCUT2D eigenvalue weighted by Gasteiger charge is 2.32. The van der Waals surface area contributed by atoms with E-state index < -0.39 is 5.95 Å². The van der Waals surface area contributed by atoms with Crippen molar-refractivity contribution < 1.29 is 18.7 Å². The van der Waals surface area contributed by atoms with Crippen LogP contribution < -0.4 is 10.5 Å². The Hall–Kier alpha value is -4.19. The average molecular weight is 515 g/mol. The lowest BCUT2D eigenvalue weighted by Crippen LogP contribution is -2.32. The Morgan fingerprint density at radius 1 is 1.19 bits per heavy atom. The first-order valence-electron chi connectivity index (χ1n) is 11.6. The monoisotopic (exact) mass is 514 g/mol. The van der Waals surface area contributed by atoms with Gasteiger partial charge in [0, 0.05) is 35.3 Å². The molecule has 37 heavy (non-hydrogen) atoms. The molecule has 7 nitrogen and oxygen atoms in total. The minimum absolute atomic E-state index is 0.217. The summed E-state index contributed by atoms with van der Waals surface area (Å²) in [6, 6.07) is 11.8. The average Bonchev–Trinajstić information content (AvgIpc) is 3.55. The van der Waals surface area contributed by atoms with Crippen LogP contribution in [0.25, 0.3) is 10.9 Å². The molecular formula is C28H20ClFN4O3. The van der Waals surface area contributed by atoms with Gasteiger partial charge in [-0.15, -0.1) is 0 Å². The number of nitrogens with zero attached hydrogens (tertiary/aromatic N) is 3. The van der Waals surface area contributed by atoms with E-state index in [1.165, 1.54) is 6.20 Å². The third-order valence-electron chi connectivity index (χ3n) is 6.71. The van der Waals surface area contributed by atoms with E-state index in [1.807, 2.05) is 12.1 Å².